The molecule has 39 heavy (non-hydrogen) atoms. The number of furan rings is 1. The third-order valence-corrected chi connectivity index (χ3v) is 8.61. The maximum Gasteiger partial charge on any atom is 0.137 e. The van der Waals surface area contributed by atoms with Crippen molar-refractivity contribution in [1.29, 1.82) is 0 Å². The monoisotopic (exact) mass is 496 g/mol. The summed E-state index contributed by atoms with van der Waals surface area (Å²) in [5.74, 6) is 0. The molecule has 0 aliphatic heterocycles. The van der Waals surface area contributed by atoms with Crippen molar-refractivity contribution in [2.75, 3.05) is 0 Å². The summed E-state index contributed by atoms with van der Waals surface area (Å²) in [7, 11) is 0. The van der Waals surface area contributed by atoms with Crippen molar-refractivity contribution in [3.63, 3.8) is 0 Å². The van der Waals surface area contributed by atoms with Gasteiger partial charge in [-0.25, -0.2) is 0 Å². The lowest BCUT2D eigenvalue weighted by molar-refractivity contribution is 0.669. The molecule has 0 N–H and O–H groups in total. The molecule has 4 aromatic heterocycles. The molecule has 0 unspecified atom stereocenters. The van der Waals surface area contributed by atoms with Gasteiger partial charge in [0.1, 0.15) is 11.2 Å². The number of para-hydroxylation sites is 4. The van der Waals surface area contributed by atoms with E-state index in [0.29, 0.717) is 0 Å². The van der Waals surface area contributed by atoms with Crippen molar-refractivity contribution < 1.29 is 4.42 Å². The molecule has 10 aromatic rings. The molecule has 0 bridgehead atoms. The lowest BCUT2D eigenvalue weighted by atomic mass is 10.0. The fraction of sp³-hybridized carbons (Fsp3) is 0. The normalized spacial score (nSPS) is 12.6. The first-order valence-corrected chi connectivity index (χ1v) is 13.4. The number of fused-ring (bicyclic) bond motifs is 13. The minimum atomic E-state index is 0.928. The molecule has 0 amide bonds. The summed E-state index contributed by atoms with van der Waals surface area (Å²) in [6.07, 6.45) is 0. The molecule has 0 aliphatic rings. The molecule has 10 rings (SSSR count). The van der Waals surface area contributed by atoms with Crippen LogP contribution in [0.1, 0.15) is 0 Å². The largest absolute Gasteiger partial charge is 0.456 e. The second kappa shape index (κ2) is 6.77. The summed E-state index contributed by atoms with van der Waals surface area (Å²) >= 11 is 0. The fourth-order valence-corrected chi connectivity index (χ4v) is 7.08. The van der Waals surface area contributed by atoms with Gasteiger partial charge in [-0.2, -0.15) is 0 Å². The summed E-state index contributed by atoms with van der Waals surface area (Å²) in [5.41, 5.74) is 9.19. The van der Waals surface area contributed by atoms with Gasteiger partial charge in [-0.3, -0.25) is 0 Å². The third kappa shape index (κ3) is 2.31. The third-order valence-electron chi connectivity index (χ3n) is 8.61. The molecule has 0 atom stereocenters. The van der Waals surface area contributed by atoms with Crippen LogP contribution in [0.25, 0.3) is 87.5 Å². The van der Waals surface area contributed by atoms with Crippen LogP contribution in [0, 0.1) is 0 Å². The van der Waals surface area contributed by atoms with Gasteiger partial charge >= 0.3 is 0 Å². The van der Waals surface area contributed by atoms with E-state index >= 15 is 0 Å². The Bertz CT molecular complexity index is 2600. The minimum Gasteiger partial charge on any atom is -0.456 e. The summed E-state index contributed by atoms with van der Waals surface area (Å²) in [6, 6.07) is 43.7. The van der Waals surface area contributed by atoms with Crippen LogP contribution in [-0.2, 0) is 0 Å². The van der Waals surface area contributed by atoms with Crippen LogP contribution in [-0.4, -0.2) is 8.97 Å². The first-order chi connectivity index (χ1) is 19.4. The van der Waals surface area contributed by atoms with Gasteiger partial charge in [0.2, 0.25) is 0 Å². The highest BCUT2D eigenvalue weighted by Crippen LogP contribution is 2.47. The Morgan fingerprint density at radius 2 is 1.10 bits per heavy atom. The van der Waals surface area contributed by atoms with E-state index in [4.69, 9.17) is 4.42 Å². The van der Waals surface area contributed by atoms with E-state index in [1.54, 1.807) is 0 Å². The van der Waals surface area contributed by atoms with Gasteiger partial charge in [-0.05, 0) is 42.5 Å². The maximum absolute atomic E-state index is 6.34. The predicted octanol–water partition coefficient (Wildman–Crippen LogP) is 9.83. The van der Waals surface area contributed by atoms with Crippen molar-refractivity contribution in [3.8, 4) is 5.69 Å². The molecule has 3 nitrogen and oxygen atoms in total. The highest BCUT2D eigenvalue weighted by atomic mass is 16.3. The predicted molar refractivity (Wildman–Crippen MR) is 163 cm³/mol. The van der Waals surface area contributed by atoms with Crippen LogP contribution in [0.4, 0.5) is 0 Å². The van der Waals surface area contributed by atoms with E-state index in [1.165, 1.54) is 65.6 Å². The molecule has 0 radical (unpaired) electrons. The van der Waals surface area contributed by atoms with Gasteiger partial charge in [-0.15, -0.1) is 0 Å². The second-order valence-corrected chi connectivity index (χ2v) is 10.5. The van der Waals surface area contributed by atoms with Crippen LogP contribution in [0.3, 0.4) is 0 Å². The lowest BCUT2D eigenvalue weighted by Gasteiger charge is -2.08. The highest BCUT2D eigenvalue weighted by molar-refractivity contribution is 6.36. The van der Waals surface area contributed by atoms with E-state index in [9.17, 15) is 0 Å². The Labute approximate surface area is 222 Å². The number of nitrogens with zero attached hydrogens (tertiary/aromatic N) is 2. The summed E-state index contributed by atoms with van der Waals surface area (Å²) in [6.45, 7) is 0. The number of hydrogen-bond acceptors (Lipinski definition) is 1. The van der Waals surface area contributed by atoms with Crippen molar-refractivity contribution in [2.24, 2.45) is 0 Å². The molecule has 0 saturated carbocycles. The van der Waals surface area contributed by atoms with E-state index in [1.807, 2.05) is 6.07 Å². The molecule has 0 saturated heterocycles. The summed E-state index contributed by atoms with van der Waals surface area (Å²) < 4.78 is 11.2. The van der Waals surface area contributed by atoms with Gasteiger partial charge in [0.05, 0.1) is 27.6 Å². The molecule has 6 aromatic carbocycles. The fourth-order valence-electron chi connectivity index (χ4n) is 7.08. The average molecular weight is 497 g/mol. The Morgan fingerprint density at radius 3 is 1.95 bits per heavy atom. The van der Waals surface area contributed by atoms with Gasteiger partial charge in [0.15, 0.2) is 0 Å². The molecule has 0 fully saturated rings. The number of aromatic nitrogens is 2. The zero-order valence-corrected chi connectivity index (χ0v) is 20.8. The van der Waals surface area contributed by atoms with Gasteiger partial charge < -0.3 is 13.4 Å². The molecular formula is C36H20N2O. The first kappa shape index (κ1) is 19.8. The molecule has 4 heterocycles. The number of hydrogen-bond donors (Lipinski definition) is 0. The SMILES string of the molecule is c1ccc(-n2c3ccccc3c3c4c5ccccc5n5c6cc7oc8ccccc8c7cc6c(cc32)c45)cc1. The molecule has 3 heteroatoms. The standard InChI is InChI=1S/C36H20N2O/c1-2-10-21(11-3-1)37-28-15-7-4-13-23(28)34-31(37)19-27-25-18-26-22-12-6-9-17-32(22)39-33(26)20-30(25)38-29-16-8-5-14-24(29)35(34)36(27)38/h1-20H. The summed E-state index contributed by atoms with van der Waals surface area (Å²) in [5, 5.41) is 10.0. The molecule has 180 valence electrons. The Hall–Kier alpha value is -5.28. The van der Waals surface area contributed by atoms with Gasteiger partial charge in [-0.1, -0.05) is 72.8 Å². The van der Waals surface area contributed by atoms with Crippen molar-refractivity contribution in [2.45, 2.75) is 0 Å². The van der Waals surface area contributed by atoms with E-state index < -0.39 is 0 Å². The first-order valence-electron chi connectivity index (χ1n) is 13.4. The van der Waals surface area contributed by atoms with Crippen molar-refractivity contribution in [3.05, 3.63) is 121 Å². The molecular weight excluding hydrogens is 476 g/mol. The minimum absolute atomic E-state index is 0.928. The number of benzene rings is 6. The second-order valence-electron chi connectivity index (χ2n) is 10.5. The maximum atomic E-state index is 6.34. The van der Waals surface area contributed by atoms with Crippen LogP contribution in [0.15, 0.2) is 126 Å². The smallest absolute Gasteiger partial charge is 0.137 e. The van der Waals surface area contributed by atoms with Crippen LogP contribution < -0.4 is 0 Å². The zero-order valence-electron chi connectivity index (χ0n) is 20.8. The van der Waals surface area contributed by atoms with E-state index in [2.05, 4.69) is 124 Å². The van der Waals surface area contributed by atoms with Crippen LogP contribution in [0.2, 0.25) is 0 Å². The quantitative estimate of drug-likeness (QED) is 0.222. The average Bonchev–Trinajstić information content (AvgIpc) is 3.71. The van der Waals surface area contributed by atoms with Crippen molar-refractivity contribution in [1.82, 2.24) is 8.97 Å². The molecule has 0 spiro atoms. The summed E-state index contributed by atoms with van der Waals surface area (Å²) in [4.78, 5) is 0. The molecule has 0 aliphatic carbocycles. The van der Waals surface area contributed by atoms with Crippen LogP contribution >= 0.6 is 0 Å². The van der Waals surface area contributed by atoms with E-state index in [-0.39, 0.29) is 0 Å². The zero-order chi connectivity index (χ0) is 25.2. The topological polar surface area (TPSA) is 22.5 Å². The van der Waals surface area contributed by atoms with E-state index in [0.717, 1.165) is 21.9 Å². The Morgan fingerprint density at radius 1 is 0.410 bits per heavy atom. The van der Waals surface area contributed by atoms with Gasteiger partial charge in [0, 0.05) is 54.8 Å². The Kier molecular flexibility index (Phi) is 3.44. The lowest BCUT2D eigenvalue weighted by Crippen LogP contribution is -1.92. The van der Waals surface area contributed by atoms with Gasteiger partial charge in [0.25, 0.3) is 0 Å². The number of rotatable bonds is 1. The van der Waals surface area contributed by atoms with Crippen LogP contribution in [0.5, 0.6) is 0 Å². The highest BCUT2D eigenvalue weighted by Gasteiger charge is 2.24. The Balaban J connectivity index is 1.53. The van der Waals surface area contributed by atoms with Crippen molar-refractivity contribution >= 4 is 81.8 Å².